The summed E-state index contributed by atoms with van der Waals surface area (Å²) < 4.78 is 5.64. The molecule has 0 aliphatic carbocycles. The van der Waals surface area contributed by atoms with Gasteiger partial charge in [0.05, 0.1) is 4.92 Å². The van der Waals surface area contributed by atoms with Crippen LogP contribution in [0.3, 0.4) is 0 Å². The van der Waals surface area contributed by atoms with Crippen LogP contribution in [0.2, 0.25) is 0 Å². The standard InChI is InChI=1S/C26H28N4O5/c1-26(2,3)25(32)29-15-13-28(14-16-29)20-9-7-19(8-10-20)27-24(31)23-12-11-22(35-23)18-5-4-6-21(17-18)30(33)34/h4-12,17H,13-16H2,1-3H3,(H,27,31). The molecule has 2 heterocycles. The first-order valence-corrected chi connectivity index (χ1v) is 11.4. The van der Waals surface area contributed by atoms with Crippen LogP contribution in [0, 0.1) is 15.5 Å². The number of amides is 2. The summed E-state index contributed by atoms with van der Waals surface area (Å²) >= 11 is 0. The largest absolute Gasteiger partial charge is 0.451 e. The number of rotatable bonds is 5. The number of nitro benzene ring substituents is 1. The smallest absolute Gasteiger partial charge is 0.291 e. The maximum Gasteiger partial charge on any atom is 0.291 e. The zero-order valence-electron chi connectivity index (χ0n) is 20.0. The molecule has 1 N–H and O–H groups in total. The summed E-state index contributed by atoms with van der Waals surface area (Å²) in [6.07, 6.45) is 0. The average Bonchev–Trinajstić information content (AvgIpc) is 3.34. The van der Waals surface area contributed by atoms with Gasteiger partial charge in [0.1, 0.15) is 5.76 Å². The van der Waals surface area contributed by atoms with Crippen LogP contribution >= 0.6 is 0 Å². The van der Waals surface area contributed by atoms with Gasteiger partial charge in [-0.3, -0.25) is 19.7 Å². The minimum Gasteiger partial charge on any atom is -0.451 e. The third kappa shape index (κ3) is 5.51. The number of hydrogen-bond donors (Lipinski definition) is 1. The normalized spacial score (nSPS) is 14.0. The molecule has 0 bridgehead atoms. The first kappa shape index (κ1) is 24.0. The molecule has 182 valence electrons. The first-order chi connectivity index (χ1) is 16.6. The molecule has 1 fully saturated rings. The number of anilines is 2. The van der Waals surface area contributed by atoms with Crippen LogP contribution in [0.1, 0.15) is 31.3 Å². The van der Waals surface area contributed by atoms with Crippen molar-refractivity contribution in [1.29, 1.82) is 0 Å². The lowest BCUT2D eigenvalue weighted by Crippen LogP contribution is -2.51. The predicted octanol–water partition coefficient (Wildman–Crippen LogP) is 4.80. The van der Waals surface area contributed by atoms with E-state index in [1.165, 1.54) is 18.2 Å². The molecule has 1 saturated heterocycles. The van der Waals surface area contributed by atoms with Crippen molar-refractivity contribution in [3.63, 3.8) is 0 Å². The van der Waals surface area contributed by atoms with E-state index < -0.39 is 10.8 Å². The molecule has 2 amide bonds. The van der Waals surface area contributed by atoms with Crippen LogP contribution in [0.4, 0.5) is 17.1 Å². The van der Waals surface area contributed by atoms with Gasteiger partial charge in [0.2, 0.25) is 5.91 Å². The van der Waals surface area contributed by atoms with Crippen LogP contribution in [0.5, 0.6) is 0 Å². The van der Waals surface area contributed by atoms with Gasteiger partial charge in [0, 0.05) is 60.7 Å². The van der Waals surface area contributed by atoms with E-state index in [0.29, 0.717) is 30.1 Å². The van der Waals surface area contributed by atoms with E-state index in [2.05, 4.69) is 10.2 Å². The molecule has 9 nitrogen and oxygen atoms in total. The number of nitrogens with one attached hydrogen (secondary N) is 1. The Morgan fingerprint density at radius 2 is 1.66 bits per heavy atom. The lowest BCUT2D eigenvalue weighted by atomic mass is 9.94. The first-order valence-electron chi connectivity index (χ1n) is 11.4. The van der Waals surface area contributed by atoms with Crippen LogP contribution in [-0.4, -0.2) is 47.8 Å². The van der Waals surface area contributed by atoms with E-state index in [9.17, 15) is 19.7 Å². The van der Waals surface area contributed by atoms with Gasteiger partial charge in [0.15, 0.2) is 5.76 Å². The zero-order chi connectivity index (χ0) is 25.2. The molecule has 1 aliphatic heterocycles. The van der Waals surface area contributed by atoms with Gasteiger partial charge in [-0.1, -0.05) is 32.9 Å². The molecule has 0 atom stereocenters. The molecule has 3 aromatic rings. The number of carbonyl (C=O) groups excluding carboxylic acids is 2. The second-order valence-electron chi connectivity index (χ2n) is 9.50. The quantitative estimate of drug-likeness (QED) is 0.418. The second kappa shape index (κ2) is 9.61. The fourth-order valence-corrected chi connectivity index (χ4v) is 3.98. The van der Waals surface area contributed by atoms with Gasteiger partial charge < -0.3 is 19.5 Å². The Hall–Kier alpha value is -4.14. The second-order valence-corrected chi connectivity index (χ2v) is 9.50. The Kier molecular flexibility index (Phi) is 6.59. The molecular weight excluding hydrogens is 448 g/mol. The maximum absolute atomic E-state index is 12.6. The summed E-state index contributed by atoms with van der Waals surface area (Å²) in [7, 11) is 0. The maximum atomic E-state index is 12.6. The highest BCUT2D eigenvalue weighted by molar-refractivity contribution is 6.02. The summed E-state index contributed by atoms with van der Waals surface area (Å²) in [4.78, 5) is 39.8. The van der Waals surface area contributed by atoms with Gasteiger partial charge in [-0.2, -0.15) is 0 Å². The summed E-state index contributed by atoms with van der Waals surface area (Å²) in [6.45, 7) is 8.67. The topological polar surface area (TPSA) is 109 Å². The number of hydrogen-bond acceptors (Lipinski definition) is 6. The van der Waals surface area contributed by atoms with Gasteiger partial charge >= 0.3 is 0 Å². The predicted molar refractivity (Wildman–Crippen MR) is 133 cm³/mol. The zero-order valence-corrected chi connectivity index (χ0v) is 20.0. The Morgan fingerprint density at radius 3 is 2.29 bits per heavy atom. The summed E-state index contributed by atoms with van der Waals surface area (Å²) in [5, 5.41) is 13.8. The van der Waals surface area contributed by atoms with E-state index in [-0.39, 0.29) is 22.8 Å². The monoisotopic (exact) mass is 476 g/mol. The molecular formula is C26H28N4O5. The van der Waals surface area contributed by atoms with Crippen LogP contribution in [0.25, 0.3) is 11.3 Å². The van der Waals surface area contributed by atoms with Crippen LogP contribution < -0.4 is 10.2 Å². The Bertz CT molecular complexity index is 1240. The molecule has 0 radical (unpaired) electrons. The summed E-state index contributed by atoms with van der Waals surface area (Å²) in [5.74, 6) is 0.235. The number of non-ortho nitro benzene ring substituents is 1. The van der Waals surface area contributed by atoms with Crippen LogP contribution in [0.15, 0.2) is 65.1 Å². The molecule has 1 aliphatic rings. The van der Waals surface area contributed by atoms with E-state index in [4.69, 9.17) is 4.42 Å². The molecule has 0 spiro atoms. The number of carbonyl (C=O) groups is 2. The van der Waals surface area contributed by atoms with E-state index in [1.54, 1.807) is 18.2 Å². The number of nitrogens with zero attached hydrogens (tertiary/aromatic N) is 3. The minimum atomic E-state index is -0.477. The van der Waals surface area contributed by atoms with Gasteiger partial charge in [-0.15, -0.1) is 0 Å². The van der Waals surface area contributed by atoms with Crippen molar-refractivity contribution in [2.24, 2.45) is 5.41 Å². The Labute approximate surface area is 203 Å². The van der Waals surface area contributed by atoms with E-state index in [0.717, 1.165) is 18.8 Å². The molecule has 1 aromatic heterocycles. The summed E-state index contributed by atoms with van der Waals surface area (Å²) in [6, 6.07) is 16.7. The number of benzene rings is 2. The van der Waals surface area contributed by atoms with Gasteiger partial charge in [0.25, 0.3) is 11.6 Å². The molecule has 0 saturated carbocycles. The van der Waals surface area contributed by atoms with Gasteiger partial charge in [-0.05, 0) is 36.4 Å². The van der Waals surface area contributed by atoms with Crippen molar-refractivity contribution in [2.75, 3.05) is 36.4 Å². The third-order valence-corrected chi connectivity index (χ3v) is 5.87. The van der Waals surface area contributed by atoms with Gasteiger partial charge in [-0.25, -0.2) is 0 Å². The Morgan fingerprint density at radius 1 is 0.971 bits per heavy atom. The summed E-state index contributed by atoms with van der Waals surface area (Å²) in [5.41, 5.74) is 1.74. The van der Waals surface area contributed by atoms with Crippen molar-refractivity contribution in [3.8, 4) is 11.3 Å². The highest BCUT2D eigenvalue weighted by atomic mass is 16.6. The average molecular weight is 477 g/mol. The fraction of sp³-hybridized carbons (Fsp3) is 0.308. The fourth-order valence-electron chi connectivity index (χ4n) is 3.98. The molecule has 2 aromatic carbocycles. The van der Waals surface area contributed by atoms with Crippen molar-refractivity contribution >= 4 is 28.9 Å². The number of furan rings is 1. The van der Waals surface area contributed by atoms with E-state index in [1.807, 2.05) is 49.9 Å². The number of piperazine rings is 1. The van der Waals surface area contributed by atoms with Crippen LogP contribution in [-0.2, 0) is 4.79 Å². The molecule has 0 unspecified atom stereocenters. The van der Waals surface area contributed by atoms with Crippen molar-refractivity contribution in [2.45, 2.75) is 20.8 Å². The lowest BCUT2D eigenvalue weighted by Gasteiger charge is -2.38. The van der Waals surface area contributed by atoms with E-state index >= 15 is 0 Å². The highest BCUT2D eigenvalue weighted by Gasteiger charge is 2.29. The lowest BCUT2D eigenvalue weighted by molar-refractivity contribution is -0.384. The SMILES string of the molecule is CC(C)(C)C(=O)N1CCN(c2ccc(NC(=O)c3ccc(-c4cccc([N+](=O)[O-])c4)o3)cc2)CC1. The minimum absolute atomic E-state index is 0.0489. The van der Waals surface area contributed by atoms with Crippen molar-refractivity contribution < 1.29 is 18.9 Å². The third-order valence-electron chi connectivity index (χ3n) is 5.87. The molecule has 9 heteroatoms. The molecule has 35 heavy (non-hydrogen) atoms. The molecule has 4 rings (SSSR count). The number of nitro groups is 1. The highest BCUT2D eigenvalue weighted by Crippen LogP contribution is 2.27. The Balaban J connectivity index is 1.36. The van der Waals surface area contributed by atoms with Crippen molar-refractivity contribution in [3.05, 3.63) is 76.5 Å². The van der Waals surface area contributed by atoms with Crippen molar-refractivity contribution in [1.82, 2.24) is 4.90 Å².